The highest BCUT2D eigenvalue weighted by molar-refractivity contribution is 6.69. The van der Waals surface area contributed by atoms with E-state index in [0.29, 0.717) is 5.92 Å². The molecule has 2 atom stereocenters. The van der Waals surface area contributed by atoms with Crippen molar-refractivity contribution in [2.24, 2.45) is 0 Å². The molecule has 0 aliphatic heterocycles. The lowest BCUT2D eigenvalue weighted by Gasteiger charge is -2.26. The minimum Gasteiger partial charge on any atom is -0.497 e. The summed E-state index contributed by atoms with van der Waals surface area (Å²) in [5.41, 5.74) is 1.26. The van der Waals surface area contributed by atoms with Gasteiger partial charge in [0.05, 0.1) is 7.11 Å². The maximum atomic E-state index is 6.19. The lowest BCUT2D eigenvalue weighted by molar-refractivity contribution is -0.0904. The van der Waals surface area contributed by atoms with Gasteiger partial charge in [-0.2, -0.15) is 0 Å². The van der Waals surface area contributed by atoms with Gasteiger partial charge in [0.2, 0.25) is 0 Å². The fraction of sp³-hybridized carbons (Fsp3) is 0.571. The Morgan fingerprint density at radius 1 is 1.11 bits per heavy atom. The maximum absolute atomic E-state index is 6.19. The summed E-state index contributed by atoms with van der Waals surface area (Å²) in [6.07, 6.45) is 0.945. The first-order chi connectivity index (χ1) is 8.40. The molecule has 100 valence electrons. The third-order valence-electron chi connectivity index (χ3n) is 3.20. The first kappa shape index (κ1) is 13.6. The van der Waals surface area contributed by atoms with Crippen LogP contribution in [0.2, 0.25) is 19.6 Å². The molecule has 0 heterocycles. The van der Waals surface area contributed by atoms with Gasteiger partial charge in [-0.3, -0.25) is 0 Å². The second-order valence-electron chi connectivity index (χ2n) is 5.76. The quantitative estimate of drug-likeness (QED) is 0.604. The second-order valence-corrected chi connectivity index (χ2v) is 10.2. The Morgan fingerprint density at radius 3 is 2.17 bits per heavy atom. The molecule has 1 aliphatic rings. The normalized spacial score (nSPS) is 27.1. The second kappa shape index (κ2) is 4.68. The van der Waals surface area contributed by atoms with Gasteiger partial charge >= 0.3 is 0 Å². The predicted molar refractivity (Wildman–Crippen MR) is 74.5 cm³/mol. The van der Waals surface area contributed by atoms with Crippen LogP contribution >= 0.6 is 0 Å². The lowest BCUT2D eigenvalue weighted by atomic mass is 10.1. The summed E-state index contributed by atoms with van der Waals surface area (Å²) in [6.45, 7) is 6.57. The molecule has 1 aromatic rings. The molecule has 0 saturated heterocycles. The fourth-order valence-corrected chi connectivity index (χ4v) is 3.68. The molecular weight excluding hydrogens is 244 g/mol. The van der Waals surface area contributed by atoms with Crippen molar-refractivity contribution in [3.8, 4) is 5.75 Å². The Hall–Kier alpha value is -0.843. The summed E-state index contributed by atoms with van der Waals surface area (Å²) in [5.74, 6) is 0.840. The van der Waals surface area contributed by atoms with E-state index < -0.39 is 8.32 Å². The van der Waals surface area contributed by atoms with E-state index in [4.69, 9.17) is 13.9 Å². The SMILES string of the molecule is COc1ccc([C@@H]2C[C@]2(OC)O[Si](C)(C)C)cc1. The van der Waals surface area contributed by atoms with Crippen LogP contribution in [0, 0.1) is 0 Å². The van der Waals surface area contributed by atoms with Gasteiger partial charge in [-0.1, -0.05) is 12.1 Å². The third kappa shape index (κ3) is 2.76. The lowest BCUT2D eigenvalue weighted by Crippen LogP contribution is -2.35. The van der Waals surface area contributed by atoms with E-state index in [9.17, 15) is 0 Å². The van der Waals surface area contributed by atoms with Crippen LogP contribution in [-0.2, 0) is 9.16 Å². The molecule has 0 radical (unpaired) electrons. The van der Waals surface area contributed by atoms with Crippen molar-refractivity contribution in [2.75, 3.05) is 14.2 Å². The number of benzene rings is 1. The standard InChI is InChI=1S/C14H22O3Si/c1-15-12-8-6-11(7-9-12)13-10-14(13,16-2)17-18(3,4)5/h6-9,13H,10H2,1-5H3/t13-,14-/m0/s1. The molecule has 3 nitrogen and oxygen atoms in total. The van der Waals surface area contributed by atoms with Gasteiger partial charge in [0.1, 0.15) is 5.75 Å². The molecule has 4 heteroatoms. The van der Waals surface area contributed by atoms with E-state index in [-0.39, 0.29) is 5.79 Å². The Morgan fingerprint density at radius 2 is 1.72 bits per heavy atom. The summed E-state index contributed by atoms with van der Waals surface area (Å²) >= 11 is 0. The molecule has 1 aliphatic carbocycles. The third-order valence-corrected chi connectivity index (χ3v) is 4.16. The van der Waals surface area contributed by atoms with E-state index >= 15 is 0 Å². The Labute approximate surface area is 110 Å². The molecule has 0 unspecified atom stereocenters. The van der Waals surface area contributed by atoms with Crippen molar-refractivity contribution in [1.82, 2.24) is 0 Å². The Kier molecular flexibility index (Phi) is 3.53. The molecule has 0 aromatic heterocycles. The van der Waals surface area contributed by atoms with Crippen LogP contribution in [0.15, 0.2) is 24.3 Å². The van der Waals surface area contributed by atoms with E-state index in [2.05, 4.69) is 31.8 Å². The number of hydrogen-bond donors (Lipinski definition) is 0. The summed E-state index contributed by atoms with van der Waals surface area (Å²) < 4.78 is 17.0. The molecule has 1 saturated carbocycles. The number of hydrogen-bond acceptors (Lipinski definition) is 3. The zero-order valence-electron chi connectivity index (χ0n) is 11.8. The van der Waals surface area contributed by atoms with Crippen molar-refractivity contribution < 1.29 is 13.9 Å². The van der Waals surface area contributed by atoms with Gasteiger partial charge < -0.3 is 13.9 Å². The number of rotatable bonds is 5. The van der Waals surface area contributed by atoms with Crippen molar-refractivity contribution in [2.45, 2.75) is 37.8 Å². The van der Waals surface area contributed by atoms with Crippen LogP contribution in [0.4, 0.5) is 0 Å². The van der Waals surface area contributed by atoms with Crippen molar-refractivity contribution in [1.29, 1.82) is 0 Å². The summed E-state index contributed by atoms with van der Waals surface area (Å²) in [7, 11) is 1.83. The van der Waals surface area contributed by atoms with E-state index in [1.165, 1.54) is 5.56 Å². The molecule has 0 bridgehead atoms. The van der Waals surface area contributed by atoms with Crippen LogP contribution in [0.3, 0.4) is 0 Å². The minimum atomic E-state index is -1.59. The van der Waals surface area contributed by atoms with Crippen molar-refractivity contribution >= 4 is 8.32 Å². The van der Waals surface area contributed by atoms with Gasteiger partial charge in [0.25, 0.3) is 0 Å². The fourth-order valence-electron chi connectivity index (χ4n) is 2.33. The molecule has 1 aromatic carbocycles. The average molecular weight is 266 g/mol. The number of methoxy groups -OCH3 is 2. The first-order valence-electron chi connectivity index (χ1n) is 6.29. The maximum Gasteiger partial charge on any atom is 0.187 e. The Balaban J connectivity index is 2.11. The molecule has 18 heavy (non-hydrogen) atoms. The minimum absolute atomic E-state index is 0.347. The summed E-state index contributed by atoms with van der Waals surface area (Å²) in [5, 5.41) is 0. The highest BCUT2D eigenvalue weighted by Gasteiger charge is 2.58. The van der Waals surface area contributed by atoms with Gasteiger partial charge in [-0.15, -0.1) is 0 Å². The van der Waals surface area contributed by atoms with Gasteiger partial charge in [-0.05, 0) is 37.3 Å². The van der Waals surface area contributed by atoms with E-state index in [1.807, 2.05) is 12.1 Å². The van der Waals surface area contributed by atoms with Crippen LogP contribution in [-0.4, -0.2) is 28.3 Å². The van der Waals surface area contributed by atoms with Crippen molar-refractivity contribution in [3.05, 3.63) is 29.8 Å². The smallest absolute Gasteiger partial charge is 0.187 e. The molecular formula is C14H22O3Si. The van der Waals surface area contributed by atoms with Crippen LogP contribution in [0.5, 0.6) is 5.75 Å². The number of ether oxygens (including phenoxy) is 2. The zero-order chi connectivity index (χ0) is 13.4. The van der Waals surface area contributed by atoms with Gasteiger partial charge in [0, 0.05) is 19.4 Å². The topological polar surface area (TPSA) is 27.7 Å². The van der Waals surface area contributed by atoms with E-state index in [1.54, 1.807) is 14.2 Å². The predicted octanol–water partition coefficient (Wildman–Crippen LogP) is 3.38. The molecule has 0 spiro atoms. The van der Waals surface area contributed by atoms with Crippen LogP contribution < -0.4 is 4.74 Å². The molecule has 0 amide bonds. The van der Waals surface area contributed by atoms with Crippen molar-refractivity contribution in [3.63, 3.8) is 0 Å². The molecule has 0 N–H and O–H groups in total. The van der Waals surface area contributed by atoms with E-state index in [0.717, 1.165) is 12.2 Å². The summed E-state index contributed by atoms with van der Waals surface area (Å²) in [4.78, 5) is 0. The largest absolute Gasteiger partial charge is 0.497 e. The highest BCUT2D eigenvalue weighted by atomic mass is 28.4. The molecule has 1 fully saturated rings. The van der Waals surface area contributed by atoms with Gasteiger partial charge in [-0.25, -0.2) is 0 Å². The summed E-state index contributed by atoms with van der Waals surface area (Å²) in [6, 6.07) is 8.17. The molecule has 2 rings (SSSR count). The average Bonchev–Trinajstić information content (AvgIpc) is 3.02. The van der Waals surface area contributed by atoms with Crippen LogP contribution in [0.25, 0.3) is 0 Å². The van der Waals surface area contributed by atoms with Gasteiger partial charge in [0.15, 0.2) is 14.1 Å². The van der Waals surface area contributed by atoms with Crippen LogP contribution in [0.1, 0.15) is 17.9 Å². The monoisotopic (exact) mass is 266 g/mol. The highest BCUT2D eigenvalue weighted by Crippen LogP contribution is 2.55. The Bertz CT molecular complexity index is 410. The first-order valence-corrected chi connectivity index (χ1v) is 9.70. The zero-order valence-corrected chi connectivity index (χ0v) is 12.8.